The SMILES string of the molecule is Fc1cncc(-c2nnc3n2CCNC3)c1. The first-order valence-corrected chi connectivity index (χ1v) is 5.08. The monoisotopic (exact) mass is 219 g/mol. The van der Waals surface area contributed by atoms with Crippen LogP contribution in [-0.2, 0) is 13.1 Å². The molecule has 0 unspecified atom stereocenters. The van der Waals surface area contributed by atoms with Gasteiger partial charge in [0.15, 0.2) is 5.82 Å². The molecule has 2 aromatic heterocycles. The molecule has 3 heterocycles. The summed E-state index contributed by atoms with van der Waals surface area (Å²) in [4.78, 5) is 3.82. The molecule has 2 aromatic rings. The number of pyridine rings is 1. The Morgan fingerprint density at radius 3 is 3.12 bits per heavy atom. The second-order valence-electron chi connectivity index (χ2n) is 3.66. The minimum absolute atomic E-state index is 0.358. The van der Waals surface area contributed by atoms with E-state index < -0.39 is 0 Å². The molecule has 82 valence electrons. The minimum atomic E-state index is -0.358. The van der Waals surface area contributed by atoms with Crippen molar-refractivity contribution in [1.82, 2.24) is 25.1 Å². The maximum atomic E-state index is 13.1. The fourth-order valence-electron chi connectivity index (χ4n) is 1.84. The van der Waals surface area contributed by atoms with E-state index in [2.05, 4.69) is 20.5 Å². The largest absolute Gasteiger partial charge is 0.309 e. The van der Waals surface area contributed by atoms with Gasteiger partial charge in [0.1, 0.15) is 11.6 Å². The zero-order valence-electron chi connectivity index (χ0n) is 8.52. The summed E-state index contributed by atoms with van der Waals surface area (Å²) in [5.74, 6) is 1.21. The number of hydrogen-bond acceptors (Lipinski definition) is 4. The van der Waals surface area contributed by atoms with Crippen LogP contribution in [0.5, 0.6) is 0 Å². The highest BCUT2D eigenvalue weighted by molar-refractivity contribution is 5.53. The van der Waals surface area contributed by atoms with Crippen LogP contribution in [0.25, 0.3) is 11.4 Å². The number of nitrogens with zero attached hydrogens (tertiary/aromatic N) is 4. The van der Waals surface area contributed by atoms with Gasteiger partial charge in [-0.05, 0) is 6.07 Å². The maximum absolute atomic E-state index is 13.1. The number of nitrogens with one attached hydrogen (secondary N) is 1. The van der Waals surface area contributed by atoms with Gasteiger partial charge in [0.2, 0.25) is 0 Å². The van der Waals surface area contributed by atoms with E-state index >= 15 is 0 Å². The molecule has 5 nitrogen and oxygen atoms in total. The standard InChI is InChI=1S/C10H10FN5/c11-8-3-7(4-13-5-8)10-15-14-9-6-12-1-2-16(9)10/h3-5,12H,1-2,6H2. The van der Waals surface area contributed by atoms with Gasteiger partial charge in [0.05, 0.1) is 12.7 Å². The first kappa shape index (κ1) is 9.41. The van der Waals surface area contributed by atoms with Crippen LogP contribution in [0.15, 0.2) is 18.5 Å². The lowest BCUT2D eigenvalue weighted by Crippen LogP contribution is -2.28. The Labute approximate surface area is 91.3 Å². The van der Waals surface area contributed by atoms with Crippen molar-refractivity contribution >= 4 is 0 Å². The number of hydrogen-bond donors (Lipinski definition) is 1. The lowest BCUT2D eigenvalue weighted by molar-refractivity contribution is 0.508. The molecule has 1 aliphatic heterocycles. The van der Waals surface area contributed by atoms with Gasteiger partial charge in [-0.2, -0.15) is 0 Å². The van der Waals surface area contributed by atoms with Crippen molar-refractivity contribution in [1.29, 1.82) is 0 Å². The third-order valence-electron chi connectivity index (χ3n) is 2.59. The summed E-state index contributed by atoms with van der Waals surface area (Å²) >= 11 is 0. The van der Waals surface area contributed by atoms with Gasteiger partial charge in [0.25, 0.3) is 0 Å². The van der Waals surface area contributed by atoms with Gasteiger partial charge in [-0.3, -0.25) is 4.98 Å². The molecule has 1 N–H and O–H groups in total. The van der Waals surface area contributed by atoms with Crippen LogP contribution in [0.3, 0.4) is 0 Å². The van der Waals surface area contributed by atoms with E-state index in [9.17, 15) is 4.39 Å². The minimum Gasteiger partial charge on any atom is -0.309 e. The van der Waals surface area contributed by atoms with Crippen molar-refractivity contribution in [2.75, 3.05) is 6.54 Å². The number of fused-ring (bicyclic) bond motifs is 1. The molecule has 0 aliphatic carbocycles. The van der Waals surface area contributed by atoms with Crippen molar-refractivity contribution in [3.05, 3.63) is 30.1 Å². The Morgan fingerprint density at radius 1 is 1.31 bits per heavy atom. The summed E-state index contributed by atoms with van der Waals surface area (Å²) in [5, 5.41) is 11.3. The molecular weight excluding hydrogens is 209 g/mol. The predicted octanol–water partition coefficient (Wildman–Crippen LogP) is 0.582. The van der Waals surface area contributed by atoms with Crippen LogP contribution in [0.1, 0.15) is 5.82 Å². The highest BCUT2D eigenvalue weighted by Gasteiger charge is 2.16. The van der Waals surface area contributed by atoms with E-state index in [1.54, 1.807) is 6.20 Å². The van der Waals surface area contributed by atoms with E-state index in [4.69, 9.17) is 0 Å². The van der Waals surface area contributed by atoms with Gasteiger partial charge in [0, 0.05) is 24.8 Å². The Hall–Kier alpha value is -1.82. The third kappa shape index (κ3) is 1.47. The first-order chi connectivity index (χ1) is 7.84. The Bertz CT molecular complexity index is 522. The van der Waals surface area contributed by atoms with Crippen molar-refractivity contribution in [3.8, 4) is 11.4 Å². The van der Waals surface area contributed by atoms with Crippen LogP contribution in [-0.4, -0.2) is 26.3 Å². The molecule has 0 bridgehead atoms. The van der Waals surface area contributed by atoms with Crippen LogP contribution in [0.2, 0.25) is 0 Å². The molecule has 1 aliphatic rings. The molecule has 0 atom stereocenters. The van der Waals surface area contributed by atoms with Gasteiger partial charge < -0.3 is 9.88 Å². The van der Waals surface area contributed by atoms with Crippen LogP contribution in [0.4, 0.5) is 4.39 Å². The van der Waals surface area contributed by atoms with E-state index in [1.165, 1.54) is 12.3 Å². The number of rotatable bonds is 1. The summed E-state index contributed by atoms with van der Waals surface area (Å²) < 4.78 is 15.1. The van der Waals surface area contributed by atoms with Gasteiger partial charge >= 0.3 is 0 Å². The highest BCUT2D eigenvalue weighted by atomic mass is 19.1. The second-order valence-corrected chi connectivity index (χ2v) is 3.66. The maximum Gasteiger partial charge on any atom is 0.165 e. The van der Waals surface area contributed by atoms with Crippen molar-refractivity contribution in [2.24, 2.45) is 0 Å². The van der Waals surface area contributed by atoms with Gasteiger partial charge in [-0.25, -0.2) is 4.39 Å². The quantitative estimate of drug-likeness (QED) is 0.762. The predicted molar refractivity (Wildman–Crippen MR) is 54.9 cm³/mol. The second kappa shape index (κ2) is 3.64. The summed E-state index contributed by atoms with van der Waals surface area (Å²) in [6.45, 7) is 2.38. The van der Waals surface area contributed by atoms with Crippen LogP contribution >= 0.6 is 0 Å². The van der Waals surface area contributed by atoms with Crippen LogP contribution < -0.4 is 5.32 Å². The Balaban J connectivity index is 2.09. The topological polar surface area (TPSA) is 55.6 Å². The molecule has 0 saturated heterocycles. The number of aromatic nitrogens is 4. The van der Waals surface area contributed by atoms with Gasteiger partial charge in [-0.15, -0.1) is 10.2 Å². The molecule has 3 rings (SSSR count). The molecule has 0 saturated carbocycles. The average molecular weight is 219 g/mol. The Morgan fingerprint density at radius 2 is 2.25 bits per heavy atom. The molecular formula is C10H10FN5. The molecule has 16 heavy (non-hydrogen) atoms. The molecule has 0 fully saturated rings. The van der Waals surface area contributed by atoms with Gasteiger partial charge in [-0.1, -0.05) is 0 Å². The van der Waals surface area contributed by atoms with Crippen LogP contribution in [0, 0.1) is 5.82 Å². The average Bonchev–Trinajstić information content (AvgIpc) is 2.72. The summed E-state index contributed by atoms with van der Waals surface area (Å²) in [6.07, 6.45) is 2.78. The van der Waals surface area contributed by atoms with Crippen molar-refractivity contribution in [2.45, 2.75) is 13.1 Å². The first-order valence-electron chi connectivity index (χ1n) is 5.08. The molecule has 6 heteroatoms. The third-order valence-corrected chi connectivity index (χ3v) is 2.59. The van der Waals surface area contributed by atoms with E-state index in [1.807, 2.05) is 4.57 Å². The lowest BCUT2D eigenvalue weighted by atomic mass is 10.2. The summed E-state index contributed by atoms with van der Waals surface area (Å²) in [5.41, 5.74) is 0.667. The normalized spacial score (nSPS) is 14.8. The zero-order chi connectivity index (χ0) is 11.0. The summed E-state index contributed by atoms with van der Waals surface area (Å²) in [6, 6.07) is 1.42. The highest BCUT2D eigenvalue weighted by Crippen LogP contribution is 2.19. The lowest BCUT2D eigenvalue weighted by Gasteiger charge is -2.15. The zero-order valence-corrected chi connectivity index (χ0v) is 8.52. The summed E-state index contributed by atoms with van der Waals surface area (Å²) in [7, 11) is 0. The molecule has 0 radical (unpaired) electrons. The number of halogens is 1. The van der Waals surface area contributed by atoms with Crippen molar-refractivity contribution in [3.63, 3.8) is 0 Å². The smallest absolute Gasteiger partial charge is 0.165 e. The fraction of sp³-hybridized carbons (Fsp3) is 0.300. The Kier molecular flexibility index (Phi) is 2.14. The van der Waals surface area contributed by atoms with E-state index in [0.717, 1.165) is 18.9 Å². The van der Waals surface area contributed by atoms with Crippen molar-refractivity contribution < 1.29 is 4.39 Å². The molecule has 0 amide bonds. The fourth-order valence-corrected chi connectivity index (χ4v) is 1.84. The molecule has 0 spiro atoms. The van der Waals surface area contributed by atoms with E-state index in [-0.39, 0.29) is 5.82 Å². The molecule has 0 aromatic carbocycles. The van der Waals surface area contributed by atoms with E-state index in [0.29, 0.717) is 17.9 Å².